The standard InChI is InChI=1S/C10H19NO3S/c1-7(15-5)6-8(12)11(4)10(2,3)9(13)14/h7H,6H2,1-5H3,(H,13,14). The Morgan fingerprint density at radius 1 is 1.47 bits per heavy atom. The van der Waals surface area contributed by atoms with E-state index >= 15 is 0 Å². The summed E-state index contributed by atoms with van der Waals surface area (Å²) in [6.07, 6.45) is 2.30. The molecule has 1 amide bonds. The van der Waals surface area contributed by atoms with Crippen molar-refractivity contribution in [3.8, 4) is 0 Å². The molecular weight excluding hydrogens is 214 g/mol. The van der Waals surface area contributed by atoms with Crippen LogP contribution in [0.25, 0.3) is 0 Å². The van der Waals surface area contributed by atoms with Gasteiger partial charge in [-0.15, -0.1) is 0 Å². The van der Waals surface area contributed by atoms with Crippen molar-refractivity contribution in [2.45, 2.75) is 38.0 Å². The minimum absolute atomic E-state index is 0.135. The fraction of sp³-hybridized carbons (Fsp3) is 0.800. The van der Waals surface area contributed by atoms with Crippen LogP contribution in [0.15, 0.2) is 0 Å². The summed E-state index contributed by atoms with van der Waals surface area (Å²) in [6, 6.07) is 0. The van der Waals surface area contributed by atoms with E-state index in [1.807, 2.05) is 13.2 Å². The number of thioether (sulfide) groups is 1. The van der Waals surface area contributed by atoms with Gasteiger partial charge in [0.25, 0.3) is 0 Å². The summed E-state index contributed by atoms with van der Waals surface area (Å²) in [6.45, 7) is 5.00. The first kappa shape index (κ1) is 14.3. The van der Waals surface area contributed by atoms with Crippen LogP contribution in [0, 0.1) is 0 Å². The lowest BCUT2D eigenvalue weighted by atomic mass is 10.0. The number of likely N-dealkylation sites (N-methyl/N-ethyl adjacent to an activating group) is 1. The van der Waals surface area contributed by atoms with E-state index in [0.29, 0.717) is 6.42 Å². The summed E-state index contributed by atoms with van der Waals surface area (Å²) in [5.74, 6) is -1.13. The van der Waals surface area contributed by atoms with E-state index < -0.39 is 11.5 Å². The summed E-state index contributed by atoms with van der Waals surface area (Å²) in [5, 5.41) is 9.17. The number of hydrogen-bond acceptors (Lipinski definition) is 3. The van der Waals surface area contributed by atoms with E-state index in [9.17, 15) is 9.59 Å². The van der Waals surface area contributed by atoms with E-state index in [-0.39, 0.29) is 11.2 Å². The molecule has 0 aromatic rings. The maximum Gasteiger partial charge on any atom is 0.329 e. The first-order chi connectivity index (χ1) is 6.73. The maximum atomic E-state index is 11.7. The highest BCUT2D eigenvalue weighted by atomic mass is 32.2. The SMILES string of the molecule is CSC(C)CC(=O)N(C)C(C)(C)C(=O)O. The van der Waals surface area contributed by atoms with Gasteiger partial charge in [-0.2, -0.15) is 11.8 Å². The Labute approximate surface area is 95.0 Å². The molecule has 0 radical (unpaired) electrons. The number of carboxylic acids is 1. The molecule has 1 unspecified atom stereocenters. The second-order valence-electron chi connectivity index (χ2n) is 4.07. The Balaban J connectivity index is 4.51. The summed E-state index contributed by atoms with van der Waals surface area (Å²) < 4.78 is 0. The number of nitrogens with zero attached hydrogens (tertiary/aromatic N) is 1. The van der Waals surface area contributed by atoms with Crippen molar-refractivity contribution in [2.24, 2.45) is 0 Å². The Morgan fingerprint density at radius 2 is 1.93 bits per heavy atom. The molecule has 0 aliphatic heterocycles. The van der Waals surface area contributed by atoms with Crippen molar-refractivity contribution in [2.75, 3.05) is 13.3 Å². The lowest BCUT2D eigenvalue weighted by Gasteiger charge is -2.32. The predicted molar refractivity (Wildman–Crippen MR) is 62.1 cm³/mol. The summed E-state index contributed by atoms with van der Waals surface area (Å²) in [5.41, 5.74) is -1.14. The fourth-order valence-electron chi connectivity index (χ4n) is 0.921. The number of carboxylic acid groups (broad SMARTS) is 1. The molecule has 0 aromatic carbocycles. The molecule has 0 aliphatic carbocycles. The zero-order valence-corrected chi connectivity index (χ0v) is 10.7. The van der Waals surface area contributed by atoms with E-state index in [4.69, 9.17) is 5.11 Å². The molecule has 5 heteroatoms. The second-order valence-corrected chi connectivity index (χ2v) is 5.34. The molecule has 15 heavy (non-hydrogen) atoms. The van der Waals surface area contributed by atoms with Gasteiger partial charge < -0.3 is 10.0 Å². The first-order valence-electron chi connectivity index (χ1n) is 4.76. The predicted octanol–water partition coefficient (Wildman–Crippen LogP) is 1.45. The van der Waals surface area contributed by atoms with Crippen LogP contribution in [0.2, 0.25) is 0 Å². The molecule has 0 spiro atoms. The van der Waals surface area contributed by atoms with Gasteiger partial charge in [0, 0.05) is 18.7 Å². The van der Waals surface area contributed by atoms with Crippen LogP contribution < -0.4 is 0 Å². The van der Waals surface area contributed by atoms with Crippen LogP contribution in [-0.4, -0.2) is 46.0 Å². The molecule has 0 heterocycles. The normalized spacial score (nSPS) is 13.4. The van der Waals surface area contributed by atoms with Crippen LogP contribution in [0.4, 0.5) is 0 Å². The third-order valence-electron chi connectivity index (χ3n) is 2.60. The molecule has 0 saturated heterocycles. The van der Waals surface area contributed by atoms with Gasteiger partial charge in [0.05, 0.1) is 0 Å². The van der Waals surface area contributed by atoms with Crippen molar-refractivity contribution in [3.05, 3.63) is 0 Å². The highest BCUT2D eigenvalue weighted by Crippen LogP contribution is 2.17. The zero-order valence-electron chi connectivity index (χ0n) is 9.90. The summed E-state index contributed by atoms with van der Waals surface area (Å²) in [4.78, 5) is 23.9. The van der Waals surface area contributed by atoms with Crippen LogP contribution in [-0.2, 0) is 9.59 Å². The highest BCUT2D eigenvalue weighted by molar-refractivity contribution is 7.99. The lowest BCUT2D eigenvalue weighted by Crippen LogP contribution is -2.51. The number of hydrogen-bond donors (Lipinski definition) is 1. The van der Waals surface area contributed by atoms with E-state index in [1.165, 1.54) is 25.8 Å². The number of carbonyl (C=O) groups excluding carboxylic acids is 1. The molecule has 0 aliphatic rings. The molecule has 0 saturated carbocycles. The van der Waals surface area contributed by atoms with E-state index in [1.54, 1.807) is 11.8 Å². The monoisotopic (exact) mass is 233 g/mol. The molecule has 0 rings (SSSR count). The van der Waals surface area contributed by atoms with Gasteiger partial charge in [-0.25, -0.2) is 4.79 Å². The van der Waals surface area contributed by atoms with Crippen molar-refractivity contribution >= 4 is 23.6 Å². The fourth-order valence-corrected chi connectivity index (χ4v) is 1.23. The Hall–Kier alpha value is -0.710. The lowest BCUT2D eigenvalue weighted by molar-refractivity contribution is -0.155. The smallest absolute Gasteiger partial charge is 0.329 e. The van der Waals surface area contributed by atoms with Crippen molar-refractivity contribution < 1.29 is 14.7 Å². The molecular formula is C10H19NO3S. The largest absolute Gasteiger partial charge is 0.480 e. The third kappa shape index (κ3) is 3.74. The van der Waals surface area contributed by atoms with Crippen molar-refractivity contribution in [3.63, 3.8) is 0 Å². The summed E-state index contributed by atoms with van der Waals surface area (Å²) >= 11 is 1.59. The van der Waals surface area contributed by atoms with Crippen LogP contribution in [0.3, 0.4) is 0 Å². The number of rotatable bonds is 5. The maximum absolute atomic E-state index is 11.7. The van der Waals surface area contributed by atoms with Crippen molar-refractivity contribution in [1.29, 1.82) is 0 Å². The van der Waals surface area contributed by atoms with Gasteiger partial charge in [-0.05, 0) is 20.1 Å². The topological polar surface area (TPSA) is 57.6 Å². The molecule has 0 fully saturated rings. The summed E-state index contributed by atoms with van der Waals surface area (Å²) in [7, 11) is 1.53. The Kier molecular flexibility index (Phi) is 5.14. The number of amides is 1. The quantitative estimate of drug-likeness (QED) is 0.781. The van der Waals surface area contributed by atoms with Crippen LogP contribution in [0.5, 0.6) is 0 Å². The van der Waals surface area contributed by atoms with Crippen LogP contribution >= 0.6 is 11.8 Å². The Bertz CT molecular complexity index is 253. The molecule has 1 atom stereocenters. The second kappa shape index (κ2) is 5.39. The molecule has 0 bridgehead atoms. The zero-order chi connectivity index (χ0) is 12.2. The third-order valence-corrected chi connectivity index (χ3v) is 3.57. The number of aliphatic carboxylic acids is 1. The van der Waals surface area contributed by atoms with Gasteiger partial charge in [0.2, 0.25) is 5.91 Å². The minimum atomic E-state index is -1.14. The van der Waals surface area contributed by atoms with E-state index in [0.717, 1.165) is 0 Å². The van der Waals surface area contributed by atoms with Crippen molar-refractivity contribution in [1.82, 2.24) is 4.90 Å². The molecule has 0 aromatic heterocycles. The molecule has 88 valence electrons. The van der Waals surface area contributed by atoms with Crippen LogP contribution in [0.1, 0.15) is 27.2 Å². The van der Waals surface area contributed by atoms with Gasteiger partial charge in [-0.1, -0.05) is 6.92 Å². The highest BCUT2D eigenvalue weighted by Gasteiger charge is 2.35. The Morgan fingerprint density at radius 3 is 2.27 bits per heavy atom. The molecule has 1 N–H and O–H groups in total. The molecule has 4 nitrogen and oxygen atoms in total. The number of carbonyl (C=O) groups is 2. The van der Waals surface area contributed by atoms with Gasteiger partial charge in [0.1, 0.15) is 5.54 Å². The van der Waals surface area contributed by atoms with Gasteiger partial charge >= 0.3 is 5.97 Å². The van der Waals surface area contributed by atoms with Gasteiger partial charge in [0.15, 0.2) is 0 Å². The average molecular weight is 233 g/mol. The minimum Gasteiger partial charge on any atom is -0.480 e. The average Bonchev–Trinajstić information content (AvgIpc) is 2.15. The van der Waals surface area contributed by atoms with E-state index in [2.05, 4.69) is 0 Å². The van der Waals surface area contributed by atoms with Gasteiger partial charge in [-0.3, -0.25) is 4.79 Å². The first-order valence-corrected chi connectivity index (χ1v) is 6.05.